The van der Waals surface area contributed by atoms with E-state index in [1.807, 2.05) is 17.9 Å². The van der Waals surface area contributed by atoms with Gasteiger partial charge >= 0.3 is 12.1 Å². The third-order valence-corrected chi connectivity index (χ3v) is 7.03. The van der Waals surface area contributed by atoms with Crippen LogP contribution in [0.2, 0.25) is 0 Å². The standard InChI is InChI=1S/C28H43N7O4S/c1-6-10-29-26(37)35(12-7-11-34-15-13-33(5)14-16-34)18-21-8-9-22(30-17-21)25(36)31-23-19-40-20-24(23)32-27(38)39-28(2,3)4/h8-9,17,19-20H,6-7,10-16,18H2,1-5H3,(H,29,37)(H,31,36)(H,32,38). The number of carbonyl (C=O) groups is 3. The summed E-state index contributed by atoms with van der Waals surface area (Å²) in [6.45, 7) is 14.2. The number of pyridine rings is 1. The Morgan fingerprint density at radius 1 is 1.07 bits per heavy atom. The lowest BCUT2D eigenvalue weighted by Crippen LogP contribution is -2.46. The molecule has 1 fully saturated rings. The van der Waals surface area contributed by atoms with E-state index in [1.54, 1.807) is 43.8 Å². The maximum absolute atomic E-state index is 12.9. The van der Waals surface area contributed by atoms with Crippen LogP contribution in [0.3, 0.4) is 0 Å². The van der Waals surface area contributed by atoms with Crippen LogP contribution in [0.4, 0.5) is 21.0 Å². The maximum atomic E-state index is 12.9. The molecule has 0 unspecified atom stereocenters. The van der Waals surface area contributed by atoms with Crippen molar-refractivity contribution in [3.8, 4) is 0 Å². The van der Waals surface area contributed by atoms with Crippen LogP contribution in [0.5, 0.6) is 0 Å². The van der Waals surface area contributed by atoms with Crippen LogP contribution in [0.15, 0.2) is 29.1 Å². The molecule has 1 aliphatic heterocycles. The van der Waals surface area contributed by atoms with E-state index in [2.05, 4.69) is 37.8 Å². The van der Waals surface area contributed by atoms with Gasteiger partial charge in [0, 0.05) is 62.8 Å². The molecule has 0 aromatic carbocycles. The average Bonchev–Trinajstić information content (AvgIpc) is 3.32. The van der Waals surface area contributed by atoms with Gasteiger partial charge in [-0.25, -0.2) is 9.59 Å². The summed E-state index contributed by atoms with van der Waals surface area (Å²) in [6.07, 6.45) is 2.78. The van der Waals surface area contributed by atoms with E-state index in [4.69, 9.17) is 4.74 Å². The fourth-order valence-corrected chi connectivity index (χ4v) is 4.83. The molecular weight excluding hydrogens is 530 g/mol. The highest BCUT2D eigenvalue weighted by Gasteiger charge is 2.20. The molecule has 4 amide bonds. The molecule has 11 nitrogen and oxygen atoms in total. The second-order valence-electron chi connectivity index (χ2n) is 11.0. The normalized spacial score (nSPS) is 14.4. The SMILES string of the molecule is CCCNC(=O)N(CCCN1CCN(C)CC1)Cc1ccc(C(=O)Nc2cscc2NC(=O)OC(C)(C)C)nc1. The Morgan fingerprint density at radius 3 is 2.40 bits per heavy atom. The van der Waals surface area contributed by atoms with E-state index >= 15 is 0 Å². The van der Waals surface area contributed by atoms with E-state index in [-0.39, 0.29) is 11.7 Å². The Bertz CT molecular complexity index is 1110. The number of anilines is 2. The summed E-state index contributed by atoms with van der Waals surface area (Å²) in [4.78, 5) is 48.8. The quantitative estimate of drug-likeness (QED) is 0.367. The van der Waals surface area contributed by atoms with E-state index in [0.29, 0.717) is 31.0 Å². The first-order valence-corrected chi connectivity index (χ1v) is 14.7. The first kappa shape index (κ1) is 31.3. The van der Waals surface area contributed by atoms with E-state index in [0.717, 1.165) is 51.1 Å². The van der Waals surface area contributed by atoms with Crippen LogP contribution in [0.1, 0.15) is 56.6 Å². The van der Waals surface area contributed by atoms with E-state index in [1.165, 1.54) is 11.3 Å². The third-order valence-electron chi connectivity index (χ3n) is 6.29. The number of nitrogens with one attached hydrogen (secondary N) is 3. The van der Waals surface area contributed by atoms with Crippen LogP contribution >= 0.6 is 11.3 Å². The molecule has 3 heterocycles. The molecule has 2 aromatic rings. The van der Waals surface area contributed by atoms with Crippen LogP contribution in [0.25, 0.3) is 0 Å². The molecule has 3 N–H and O–H groups in total. The number of urea groups is 1. The molecule has 12 heteroatoms. The summed E-state index contributed by atoms with van der Waals surface area (Å²) >= 11 is 1.34. The van der Waals surface area contributed by atoms with Crippen LogP contribution in [-0.2, 0) is 11.3 Å². The van der Waals surface area contributed by atoms with Gasteiger partial charge in [-0.3, -0.25) is 15.1 Å². The minimum atomic E-state index is -0.633. The van der Waals surface area contributed by atoms with Crippen molar-refractivity contribution in [2.75, 3.05) is 63.5 Å². The molecule has 0 bridgehead atoms. The van der Waals surface area contributed by atoms with Gasteiger partial charge in [-0.15, -0.1) is 11.3 Å². The Hall–Kier alpha value is -3.22. The third kappa shape index (κ3) is 10.4. The van der Waals surface area contributed by atoms with Crippen LogP contribution in [-0.4, -0.2) is 96.2 Å². The number of piperazine rings is 1. The van der Waals surface area contributed by atoms with Gasteiger partial charge in [0.2, 0.25) is 0 Å². The van der Waals surface area contributed by atoms with Crippen molar-refractivity contribution in [1.29, 1.82) is 0 Å². The molecule has 0 saturated carbocycles. The molecule has 3 rings (SSSR count). The maximum Gasteiger partial charge on any atom is 0.412 e. The van der Waals surface area contributed by atoms with Gasteiger partial charge in [0.15, 0.2) is 0 Å². The minimum absolute atomic E-state index is 0.0930. The molecule has 0 radical (unpaired) electrons. The zero-order valence-corrected chi connectivity index (χ0v) is 25.1. The number of likely N-dealkylation sites (N-methyl/N-ethyl adjacent to an activating group) is 1. The van der Waals surface area contributed by atoms with Gasteiger partial charge in [-0.05, 0) is 58.8 Å². The van der Waals surface area contributed by atoms with Crippen molar-refractivity contribution < 1.29 is 19.1 Å². The highest BCUT2D eigenvalue weighted by atomic mass is 32.1. The van der Waals surface area contributed by atoms with E-state index in [9.17, 15) is 14.4 Å². The summed E-state index contributed by atoms with van der Waals surface area (Å²) in [5.74, 6) is -0.401. The van der Waals surface area contributed by atoms with Gasteiger partial charge in [0.05, 0.1) is 11.4 Å². The first-order chi connectivity index (χ1) is 19.0. The largest absolute Gasteiger partial charge is 0.444 e. The van der Waals surface area contributed by atoms with Crippen molar-refractivity contribution >= 4 is 40.7 Å². The van der Waals surface area contributed by atoms with Gasteiger partial charge in [0.1, 0.15) is 11.3 Å². The van der Waals surface area contributed by atoms with Crippen molar-refractivity contribution in [3.05, 3.63) is 40.3 Å². The number of rotatable bonds is 11. The number of ether oxygens (including phenoxy) is 1. The number of hydrogen-bond acceptors (Lipinski definition) is 8. The highest BCUT2D eigenvalue weighted by Crippen LogP contribution is 2.27. The van der Waals surface area contributed by atoms with Crippen molar-refractivity contribution in [3.63, 3.8) is 0 Å². The zero-order valence-electron chi connectivity index (χ0n) is 24.3. The number of nitrogens with zero attached hydrogens (tertiary/aromatic N) is 4. The summed E-state index contributed by atoms with van der Waals surface area (Å²) < 4.78 is 5.29. The molecule has 0 spiro atoms. The predicted octanol–water partition coefficient (Wildman–Crippen LogP) is 4.30. The van der Waals surface area contributed by atoms with Crippen LogP contribution < -0.4 is 16.0 Å². The Balaban J connectivity index is 1.56. The molecule has 0 aliphatic carbocycles. The fraction of sp³-hybridized carbons (Fsp3) is 0.571. The smallest absolute Gasteiger partial charge is 0.412 e. The first-order valence-electron chi connectivity index (χ1n) is 13.8. The number of aromatic nitrogens is 1. The second kappa shape index (κ2) is 15.0. The lowest BCUT2D eigenvalue weighted by molar-refractivity contribution is 0.0635. The number of amides is 4. The summed E-state index contributed by atoms with van der Waals surface area (Å²) in [5, 5.41) is 11.9. The van der Waals surface area contributed by atoms with Crippen molar-refractivity contribution in [1.82, 2.24) is 25.0 Å². The predicted molar refractivity (Wildman–Crippen MR) is 159 cm³/mol. The van der Waals surface area contributed by atoms with Crippen LogP contribution in [0, 0.1) is 0 Å². The van der Waals surface area contributed by atoms with Crippen molar-refractivity contribution in [2.45, 2.75) is 52.7 Å². The summed E-state index contributed by atoms with van der Waals surface area (Å²) in [5.41, 5.74) is 1.35. The molecule has 2 aromatic heterocycles. The van der Waals surface area contributed by atoms with Crippen molar-refractivity contribution in [2.24, 2.45) is 0 Å². The highest BCUT2D eigenvalue weighted by molar-refractivity contribution is 7.09. The molecular formula is C28H43N7O4S. The second-order valence-corrected chi connectivity index (χ2v) is 11.7. The Morgan fingerprint density at radius 2 is 1.77 bits per heavy atom. The Labute approximate surface area is 241 Å². The minimum Gasteiger partial charge on any atom is -0.444 e. The molecule has 40 heavy (non-hydrogen) atoms. The lowest BCUT2D eigenvalue weighted by atomic mass is 10.2. The van der Waals surface area contributed by atoms with Gasteiger partial charge < -0.3 is 30.1 Å². The summed E-state index contributed by atoms with van der Waals surface area (Å²) in [7, 11) is 2.14. The fourth-order valence-electron chi connectivity index (χ4n) is 4.12. The average molecular weight is 574 g/mol. The number of thiophene rings is 1. The zero-order chi connectivity index (χ0) is 29.1. The van der Waals surface area contributed by atoms with Gasteiger partial charge in [-0.1, -0.05) is 13.0 Å². The molecule has 1 aliphatic rings. The molecule has 1 saturated heterocycles. The summed E-state index contributed by atoms with van der Waals surface area (Å²) in [6, 6.07) is 3.37. The lowest BCUT2D eigenvalue weighted by Gasteiger charge is -2.33. The molecule has 220 valence electrons. The number of hydrogen-bond donors (Lipinski definition) is 3. The number of carbonyl (C=O) groups excluding carboxylic acids is 3. The van der Waals surface area contributed by atoms with Gasteiger partial charge in [0.25, 0.3) is 5.91 Å². The van der Waals surface area contributed by atoms with Gasteiger partial charge in [-0.2, -0.15) is 0 Å². The van der Waals surface area contributed by atoms with E-state index < -0.39 is 17.6 Å². The Kier molecular flexibility index (Phi) is 11.7. The monoisotopic (exact) mass is 573 g/mol. The molecule has 0 atom stereocenters. The topological polar surface area (TPSA) is 119 Å².